The van der Waals surface area contributed by atoms with E-state index in [-0.39, 0.29) is 0 Å². The smallest absolute Gasteiger partial charge is 0.140 e. The van der Waals surface area contributed by atoms with Crippen LogP contribution < -0.4 is 10.1 Å². The van der Waals surface area contributed by atoms with Crippen LogP contribution in [-0.2, 0) is 0 Å². The molecule has 3 heteroatoms. The van der Waals surface area contributed by atoms with Gasteiger partial charge in [-0.3, -0.25) is 4.98 Å². The van der Waals surface area contributed by atoms with Gasteiger partial charge in [0, 0.05) is 24.1 Å². The summed E-state index contributed by atoms with van der Waals surface area (Å²) in [6, 6.07) is 4.67. The summed E-state index contributed by atoms with van der Waals surface area (Å²) in [6.07, 6.45) is 10.1. The second-order valence-corrected chi connectivity index (χ2v) is 6.33. The summed E-state index contributed by atoms with van der Waals surface area (Å²) < 4.78 is 6.35. The predicted molar refractivity (Wildman–Crippen MR) is 81.0 cm³/mol. The Morgan fingerprint density at radius 2 is 2.15 bits per heavy atom. The number of pyridine rings is 1. The van der Waals surface area contributed by atoms with E-state index in [0.29, 0.717) is 17.6 Å². The van der Waals surface area contributed by atoms with E-state index in [4.69, 9.17) is 4.74 Å². The van der Waals surface area contributed by atoms with Crippen LogP contribution in [0.25, 0.3) is 0 Å². The highest BCUT2D eigenvalue weighted by atomic mass is 16.5. The monoisotopic (exact) mass is 274 g/mol. The number of aryl methyl sites for hydroxylation is 1. The molecule has 3 nitrogen and oxygen atoms in total. The highest BCUT2D eigenvalue weighted by molar-refractivity contribution is 5.27. The topological polar surface area (TPSA) is 34.1 Å². The molecule has 2 atom stereocenters. The molecule has 1 N–H and O–H groups in total. The van der Waals surface area contributed by atoms with Gasteiger partial charge in [0.15, 0.2) is 0 Å². The fourth-order valence-corrected chi connectivity index (χ4v) is 4.07. The zero-order valence-corrected chi connectivity index (χ0v) is 12.7. The Hall–Kier alpha value is -1.09. The standard InChI is InChI=1S/C17H26N2O/c1-3-18-15-12-16(17(15)9-5-4-6-10-17)20-14-8-7-11-19-13(14)2/h7-8,11,15-16,18H,3-6,9-10,12H2,1-2H3. The second-order valence-electron chi connectivity index (χ2n) is 6.33. The largest absolute Gasteiger partial charge is 0.488 e. The molecule has 0 bridgehead atoms. The maximum Gasteiger partial charge on any atom is 0.140 e. The van der Waals surface area contributed by atoms with E-state index in [0.717, 1.165) is 24.4 Å². The van der Waals surface area contributed by atoms with Gasteiger partial charge in [-0.05, 0) is 38.4 Å². The van der Waals surface area contributed by atoms with Crippen molar-refractivity contribution in [3.63, 3.8) is 0 Å². The first-order valence-electron chi connectivity index (χ1n) is 8.08. The lowest BCUT2D eigenvalue weighted by Crippen LogP contribution is -2.65. The zero-order valence-electron chi connectivity index (χ0n) is 12.7. The molecule has 3 rings (SSSR count). The van der Waals surface area contributed by atoms with Gasteiger partial charge in [-0.2, -0.15) is 0 Å². The maximum atomic E-state index is 6.35. The first-order valence-corrected chi connectivity index (χ1v) is 8.08. The van der Waals surface area contributed by atoms with E-state index in [1.54, 1.807) is 0 Å². The Labute approximate surface area is 122 Å². The van der Waals surface area contributed by atoms with Crippen LogP contribution in [0.15, 0.2) is 18.3 Å². The molecule has 1 spiro atoms. The molecular weight excluding hydrogens is 248 g/mol. The lowest BCUT2D eigenvalue weighted by atomic mass is 9.55. The fraction of sp³-hybridized carbons (Fsp3) is 0.706. The summed E-state index contributed by atoms with van der Waals surface area (Å²) in [5.41, 5.74) is 1.38. The molecule has 20 heavy (non-hydrogen) atoms. The Kier molecular flexibility index (Phi) is 3.97. The highest BCUT2D eigenvalue weighted by Crippen LogP contribution is 2.53. The summed E-state index contributed by atoms with van der Waals surface area (Å²) >= 11 is 0. The maximum absolute atomic E-state index is 6.35. The van der Waals surface area contributed by atoms with E-state index < -0.39 is 0 Å². The van der Waals surface area contributed by atoms with Gasteiger partial charge in [0.25, 0.3) is 0 Å². The molecule has 0 amide bonds. The van der Waals surface area contributed by atoms with E-state index >= 15 is 0 Å². The lowest BCUT2D eigenvalue weighted by molar-refractivity contribution is -0.103. The summed E-state index contributed by atoms with van der Waals surface area (Å²) in [6.45, 7) is 5.30. The summed E-state index contributed by atoms with van der Waals surface area (Å²) in [5, 5.41) is 3.68. The highest BCUT2D eigenvalue weighted by Gasteiger charge is 2.56. The van der Waals surface area contributed by atoms with E-state index in [9.17, 15) is 0 Å². The van der Waals surface area contributed by atoms with Crippen LogP contribution in [-0.4, -0.2) is 23.7 Å². The van der Waals surface area contributed by atoms with Crippen LogP contribution in [0.5, 0.6) is 5.75 Å². The minimum atomic E-state index is 0.370. The number of ether oxygens (including phenoxy) is 1. The Morgan fingerprint density at radius 1 is 1.35 bits per heavy atom. The first kappa shape index (κ1) is 13.9. The van der Waals surface area contributed by atoms with Gasteiger partial charge in [-0.25, -0.2) is 0 Å². The average Bonchev–Trinajstić information content (AvgIpc) is 2.49. The molecule has 1 aromatic rings. The van der Waals surface area contributed by atoms with Gasteiger partial charge in [0.1, 0.15) is 11.9 Å². The van der Waals surface area contributed by atoms with Crippen LogP contribution in [0.2, 0.25) is 0 Å². The molecule has 2 unspecified atom stereocenters. The van der Waals surface area contributed by atoms with Crippen molar-refractivity contribution < 1.29 is 4.74 Å². The third-order valence-corrected chi connectivity index (χ3v) is 5.25. The normalized spacial score (nSPS) is 28.1. The van der Waals surface area contributed by atoms with Crippen molar-refractivity contribution in [2.75, 3.05) is 6.54 Å². The van der Waals surface area contributed by atoms with Crippen molar-refractivity contribution >= 4 is 0 Å². The number of aromatic nitrogens is 1. The quantitative estimate of drug-likeness (QED) is 0.913. The number of rotatable bonds is 4. The Balaban J connectivity index is 1.75. The Morgan fingerprint density at radius 3 is 2.85 bits per heavy atom. The molecule has 0 aliphatic heterocycles. The summed E-state index contributed by atoms with van der Waals surface area (Å²) in [4.78, 5) is 4.34. The van der Waals surface area contributed by atoms with Gasteiger partial charge in [-0.15, -0.1) is 0 Å². The fourth-order valence-electron chi connectivity index (χ4n) is 4.07. The number of nitrogens with one attached hydrogen (secondary N) is 1. The first-order chi connectivity index (χ1) is 9.76. The molecule has 1 aromatic heterocycles. The molecule has 110 valence electrons. The third-order valence-electron chi connectivity index (χ3n) is 5.25. The third kappa shape index (κ3) is 2.32. The predicted octanol–water partition coefficient (Wildman–Crippen LogP) is 3.47. The van der Waals surface area contributed by atoms with Crippen molar-refractivity contribution in [3.05, 3.63) is 24.0 Å². The van der Waals surface area contributed by atoms with Crippen molar-refractivity contribution in [1.82, 2.24) is 10.3 Å². The van der Waals surface area contributed by atoms with Crippen molar-refractivity contribution in [1.29, 1.82) is 0 Å². The SMILES string of the molecule is CCNC1CC(Oc2cccnc2C)C12CCCCC2. The Bertz CT molecular complexity index is 454. The van der Waals surface area contributed by atoms with Crippen molar-refractivity contribution in [2.45, 2.75) is 64.5 Å². The van der Waals surface area contributed by atoms with Crippen molar-refractivity contribution in [2.24, 2.45) is 5.41 Å². The van der Waals surface area contributed by atoms with Crippen LogP contribution in [0.4, 0.5) is 0 Å². The van der Waals surface area contributed by atoms with E-state index in [1.807, 2.05) is 19.2 Å². The molecule has 0 radical (unpaired) electrons. The van der Waals surface area contributed by atoms with Gasteiger partial charge >= 0.3 is 0 Å². The zero-order chi connectivity index (χ0) is 14.0. The summed E-state index contributed by atoms with van der Waals surface area (Å²) in [7, 11) is 0. The van der Waals surface area contributed by atoms with Crippen LogP contribution in [0.1, 0.15) is 51.1 Å². The molecule has 2 fully saturated rings. The number of nitrogens with zero attached hydrogens (tertiary/aromatic N) is 1. The van der Waals surface area contributed by atoms with Crippen molar-refractivity contribution in [3.8, 4) is 5.75 Å². The van der Waals surface area contributed by atoms with Crippen LogP contribution in [0, 0.1) is 12.3 Å². The molecule has 2 aliphatic carbocycles. The molecule has 0 saturated heterocycles. The van der Waals surface area contributed by atoms with Gasteiger partial charge < -0.3 is 10.1 Å². The van der Waals surface area contributed by atoms with Gasteiger partial charge in [-0.1, -0.05) is 26.2 Å². The molecule has 2 aliphatic rings. The minimum absolute atomic E-state index is 0.370. The van der Waals surface area contributed by atoms with Crippen LogP contribution >= 0.6 is 0 Å². The average molecular weight is 274 g/mol. The minimum Gasteiger partial charge on any atom is -0.488 e. The molecule has 0 aromatic carbocycles. The second kappa shape index (κ2) is 5.72. The number of hydrogen-bond acceptors (Lipinski definition) is 3. The van der Waals surface area contributed by atoms with Gasteiger partial charge in [0.05, 0.1) is 5.69 Å². The lowest BCUT2D eigenvalue weighted by Gasteiger charge is -2.57. The van der Waals surface area contributed by atoms with E-state index in [1.165, 1.54) is 32.1 Å². The number of hydrogen-bond donors (Lipinski definition) is 1. The van der Waals surface area contributed by atoms with Crippen LogP contribution in [0.3, 0.4) is 0 Å². The van der Waals surface area contributed by atoms with E-state index in [2.05, 4.69) is 23.3 Å². The molecule has 1 heterocycles. The summed E-state index contributed by atoms with van der Waals surface area (Å²) in [5.74, 6) is 0.970. The molecular formula is C17H26N2O. The van der Waals surface area contributed by atoms with Gasteiger partial charge in [0.2, 0.25) is 0 Å². The molecule has 2 saturated carbocycles.